The van der Waals surface area contributed by atoms with Gasteiger partial charge < -0.3 is 0 Å². The summed E-state index contributed by atoms with van der Waals surface area (Å²) >= 11 is 1.51. The molecule has 68 valence electrons. The molecule has 1 nitrogen and oxygen atoms in total. The fourth-order valence-corrected chi connectivity index (χ4v) is 1.80. The van der Waals surface area contributed by atoms with Gasteiger partial charge in [-0.1, -0.05) is 43.0 Å². The number of hydrogen-bond donors (Lipinski definition) is 0. The molecule has 0 saturated carbocycles. The monoisotopic (exact) mass is 192 g/mol. The van der Waals surface area contributed by atoms with E-state index in [1.165, 1.54) is 11.8 Å². The fourth-order valence-electron chi connectivity index (χ4n) is 0.940. The maximum Gasteiger partial charge on any atom is 0.156 e. The van der Waals surface area contributed by atoms with Gasteiger partial charge in [-0.05, 0) is 18.6 Å². The van der Waals surface area contributed by atoms with Crippen molar-refractivity contribution in [2.45, 2.75) is 18.2 Å². The number of benzene rings is 1. The van der Waals surface area contributed by atoms with Gasteiger partial charge in [0.25, 0.3) is 0 Å². The number of carbonyl (C=O) groups excluding carboxylic acids is 1. The molecule has 0 N–H and O–H groups in total. The minimum atomic E-state index is 0.786. The van der Waals surface area contributed by atoms with Crippen molar-refractivity contribution in [3.8, 4) is 0 Å². The number of hydrogen-bond acceptors (Lipinski definition) is 2. The van der Waals surface area contributed by atoms with Crippen molar-refractivity contribution in [1.29, 1.82) is 0 Å². The molecule has 0 aliphatic carbocycles. The summed E-state index contributed by atoms with van der Waals surface area (Å²) in [6, 6.07) is 9.90. The zero-order chi connectivity index (χ0) is 9.52. The van der Waals surface area contributed by atoms with Gasteiger partial charge >= 0.3 is 0 Å². The van der Waals surface area contributed by atoms with Crippen molar-refractivity contribution in [3.63, 3.8) is 0 Å². The molecule has 1 rings (SSSR count). The van der Waals surface area contributed by atoms with Crippen LogP contribution in [0.25, 0.3) is 0 Å². The predicted molar refractivity (Wildman–Crippen MR) is 56.7 cm³/mol. The normalized spacial score (nSPS) is 11.3. The molecule has 0 spiro atoms. The molecule has 0 heterocycles. The lowest BCUT2D eigenvalue weighted by atomic mass is 10.4. The molecule has 1 aromatic carbocycles. The summed E-state index contributed by atoms with van der Waals surface area (Å²) in [5.41, 5.74) is 0. The molecule has 1 aromatic rings. The molecule has 0 radical (unpaired) electrons. The first-order valence-corrected chi connectivity index (χ1v) is 5.06. The molecule has 0 aliphatic heterocycles. The van der Waals surface area contributed by atoms with E-state index >= 15 is 0 Å². The van der Waals surface area contributed by atoms with Crippen LogP contribution in [-0.2, 0) is 4.79 Å². The molecule has 13 heavy (non-hydrogen) atoms. The summed E-state index contributed by atoms with van der Waals surface area (Å²) in [6.45, 7) is 2.02. The Morgan fingerprint density at radius 2 is 2.08 bits per heavy atom. The van der Waals surface area contributed by atoms with Gasteiger partial charge in [0.1, 0.15) is 0 Å². The van der Waals surface area contributed by atoms with Crippen LogP contribution in [0.4, 0.5) is 0 Å². The standard InChI is InChI=1S/C11H12OS/c1-2-6-11(9-12)13-10-7-4-3-5-8-10/h3-9H,2H2,1H3/b11-6+. The first-order chi connectivity index (χ1) is 6.36. The van der Waals surface area contributed by atoms with E-state index in [2.05, 4.69) is 0 Å². The largest absolute Gasteiger partial charge is 0.297 e. The average molecular weight is 192 g/mol. The molecule has 2 heteroatoms. The molecule has 0 aromatic heterocycles. The Morgan fingerprint density at radius 1 is 1.38 bits per heavy atom. The van der Waals surface area contributed by atoms with Crippen LogP contribution in [0.1, 0.15) is 13.3 Å². The smallest absolute Gasteiger partial charge is 0.156 e. The van der Waals surface area contributed by atoms with E-state index in [-0.39, 0.29) is 0 Å². The molecule has 0 aliphatic rings. The van der Waals surface area contributed by atoms with Gasteiger partial charge in [0.15, 0.2) is 6.29 Å². The Kier molecular flexibility index (Phi) is 4.33. The summed E-state index contributed by atoms with van der Waals surface area (Å²) in [6.07, 6.45) is 3.74. The molecular weight excluding hydrogens is 180 g/mol. The topological polar surface area (TPSA) is 17.1 Å². The lowest BCUT2D eigenvalue weighted by molar-refractivity contribution is -0.104. The number of allylic oxidation sites excluding steroid dienone is 2. The number of thioether (sulfide) groups is 1. The zero-order valence-corrected chi connectivity index (χ0v) is 8.38. The van der Waals surface area contributed by atoms with Crippen molar-refractivity contribution in [3.05, 3.63) is 41.3 Å². The molecule has 0 atom stereocenters. The summed E-state index contributed by atoms with van der Waals surface area (Å²) in [5.74, 6) is 0. The third-order valence-corrected chi connectivity index (χ3v) is 2.51. The maximum absolute atomic E-state index is 10.6. The van der Waals surface area contributed by atoms with E-state index < -0.39 is 0 Å². The van der Waals surface area contributed by atoms with Crippen molar-refractivity contribution < 1.29 is 4.79 Å². The van der Waals surface area contributed by atoms with E-state index in [0.29, 0.717) is 0 Å². The van der Waals surface area contributed by atoms with Crippen LogP contribution in [0.5, 0.6) is 0 Å². The second-order valence-corrected chi connectivity index (χ2v) is 3.69. The van der Waals surface area contributed by atoms with Crippen LogP contribution in [0.3, 0.4) is 0 Å². The van der Waals surface area contributed by atoms with Crippen LogP contribution in [-0.4, -0.2) is 6.29 Å². The van der Waals surface area contributed by atoms with Gasteiger partial charge in [-0.15, -0.1) is 0 Å². The van der Waals surface area contributed by atoms with Gasteiger partial charge in [0.05, 0.1) is 0 Å². The van der Waals surface area contributed by atoms with Crippen LogP contribution in [0.15, 0.2) is 46.2 Å². The highest BCUT2D eigenvalue weighted by Crippen LogP contribution is 2.24. The lowest BCUT2D eigenvalue weighted by Crippen LogP contribution is -1.78. The minimum Gasteiger partial charge on any atom is -0.297 e. The molecule has 0 fully saturated rings. The molecular formula is C11H12OS. The second-order valence-electron chi connectivity index (χ2n) is 2.55. The summed E-state index contributed by atoms with van der Waals surface area (Å²) in [7, 11) is 0. The lowest BCUT2D eigenvalue weighted by Gasteiger charge is -1.98. The van der Waals surface area contributed by atoms with Crippen molar-refractivity contribution in [2.24, 2.45) is 0 Å². The maximum atomic E-state index is 10.6. The molecule has 0 saturated heterocycles. The highest BCUT2D eigenvalue weighted by atomic mass is 32.2. The number of aldehydes is 1. The Labute approximate surface area is 82.9 Å². The fraction of sp³-hybridized carbons (Fsp3) is 0.182. The third-order valence-electron chi connectivity index (χ3n) is 1.50. The van der Waals surface area contributed by atoms with Crippen LogP contribution < -0.4 is 0 Å². The summed E-state index contributed by atoms with van der Waals surface area (Å²) in [5, 5.41) is 0. The third kappa shape index (κ3) is 3.47. The first-order valence-electron chi connectivity index (χ1n) is 4.25. The Bertz CT molecular complexity index is 290. The van der Waals surface area contributed by atoms with E-state index in [4.69, 9.17) is 0 Å². The first kappa shape index (κ1) is 10.1. The Balaban J connectivity index is 2.68. The quantitative estimate of drug-likeness (QED) is 0.414. The summed E-state index contributed by atoms with van der Waals surface area (Å²) in [4.78, 5) is 12.5. The molecule has 0 bridgehead atoms. The predicted octanol–water partition coefficient (Wildman–Crippen LogP) is 3.27. The highest BCUT2D eigenvalue weighted by molar-refractivity contribution is 8.03. The summed E-state index contributed by atoms with van der Waals surface area (Å²) < 4.78 is 0. The second kappa shape index (κ2) is 5.60. The van der Waals surface area contributed by atoms with Gasteiger partial charge in [-0.25, -0.2) is 0 Å². The minimum absolute atomic E-state index is 0.786. The van der Waals surface area contributed by atoms with Gasteiger partial charge in [-0.3, -0.25) is 4.79 Å². The van der Waals surface area contributed by atoms with E-state index in [0.717, 1.165) is 22.5 Å². The Morgan fingerprint density at radius 3 is 2.62 bits per heavy atom. The van der Waals surface area contributed by atoms with E-state index in [1.807, 2.05) is 43.3 Å². The SMILES string of the molecule is CC/C=C(\C=O)Sc1ccccc1. The van der Waals surface area contributed by atoms with Gasteiger partial charge in [0, 0.05) is 9.80 Å². The van der Waals surface area contributed by atoms with Gasteiger partial charge in [0.2, 0.25) is 0 Å². The Hall–Kier alpha value is -1.02. The van der Waals surface area contributed by atoms with E-state index in [9.17, 15) is 4.79 Å². The number of rotatable bonds is 4. The van der Waals surface area contributed by atoms with Crippen LogP contribution in [0, 0.1) is 0 Å². The van der Waals surface area contributed by atoms with Crippen molar-refractivity contribution in [2.75, 3.05) is 0 Å². The molecule has 0 unspecified atom stereocenters. The average Bonchev–Trinajstić information content (AvgIpc) is 2.19. The molecule has 0 amide bonds. The van der Waals surface area contributed by atoms with E-state index in [1.54, 1.807) is 0 Å². The van der Waals surface area contributed by atoms with Crippen molar-refractivity contribution in [1.82, 2.24) is 0 Å². The zero-order valence-electron chi connectivity index (χ0n) is 7.57. The number of carbonyl (C=O) groups is 1. The van der Waals surface area contributed by atoms with Crippen LogP contribution >= 0.6 is 11.8 Å². The van der Waals surface area contributed by atoms with Gasteiger partial charge in [-0.2, -0.15) is 0 Å². The van der Waals surface area contributed by atoms with Crippen molar-refractivity contribution >= 4 is 18.0 Å². The highest BCUT2D eigenvalue weighted by Gasteiger charge is 1.96. The van der Waals surface area contributed by atoms with Crippen LogP contribution in [0.2, 0.25) is 0 Å².